The molecule has 0 amide bonds. The van der Waals surface area contributed by atoms with Gasteiger partial charge in [0.15, 0.2) is 5.78 Å². The normalized spacial score (nSPS) is 52.5. The van der Waals surface area contributed by atoms with Crippen LogP contribution in [0.3, 0.4) is 0 Å². The van der Waals surface area contributed by atoms with E-state index in [1.807, 2.05) is 0 Å². The van der Waals surface area contributed by atoms with E-state index in [-0.39, 0.29) is 27.7 Å². The summed E-state index contributed by atoms with van der Waals surface area (Å²) in [5.41, 5.74) is -0.630. The van der Waals surface area contributed by atoms with E-state index in [1.165, 1.54) is 20.0 Å². The summed E-state index contributed by atoms with van der Waals surface area (Å²) < 4.78 is 11.7. The zero-order chi connectivity index (χ0) is 21.5. The van der Waals surface area contributed by atoms with Crippen molar-refractivity contribution < 1.29 is 19.1 Å². The van der Waals surface area contributed by atoms with Crippen LogP contribution in [-0.4, -0.2) is 35.4 Å². The van der Waals surface area contributed by atoms with E-state index < -0.39 is 5.60 Å². The summed E-state index contributed by atoms with van der Waals surface area (Å²) in [6.07, 6.45) is 9.73. The molecule has 4 bridgehead atoms. The first kappa shape index (κ1) is 21.4. The van der Waals surface area contributed by atoms with Crippen LogP contribution in [0.4, 0.5) is 0 Å². The molecule has 4 nitrogen and oxygen atoms in total. The molecule has 0 unspecified atom stereocenters. The molecule has 0 aromatic carbocycles. The minimum atomic E-state index is -0.570. The number of carbonyl (C=O) groups excluding carboxylic acids is 2. The molecule has 0 aromatic heterocycles. The van der Waals surface area contributed by atoms with Gasteiger partial charge in [0.05, 0.1) is 18.0 Å². The molecule has 6 aliphatic rings. The first-order valence-electron chi connectivity index (χ1n) is 12.1. The second-order valence-electron chi connectivity index (χ2n) is 11.5. The maximum absolute atomic E-state index is 14.3. The molecule has 4 saturated carbocycles. The molecule has 0 aromatic rings. The van der Waals surface area contributed by atoms with E-state index in [0.29, 0.717) is 41.8 Å². The molecule has 2 aliphatic heterocycles. The third-order valence-corrected chi connectivity index (χ3v) is 12.1. The summed E-state index contributed by atoms with van der Waals surface area (Å²) in [6, 6.07) is 0. The Labute approximate surface area is 189 Å². The van der Waals surface area contributed by atoms with Crippen molar-refractivity contribution in [2.24, 2.45) is 40.4 Å². The first-order valence-corrected chi connectivity index (χ1v) is 13.0. The van der Waals surface area contributed by atoms with Crippen LogP contribution >= 0.6 is 15.9 Å². The quantitative estimate of drug-likeness (QED) is 0.404. The van der Waals surface area contributed by atoms with Crippen molar-refractivity contribution in [2.75, 3.05) is 7.11 Å². The highest BCUT2D eigenvalue weighted by Crippen LogP contribution is 2.73. The average Bonchev–Trinajstić information content (AvgIpc) is 3.08. The number of hydrogen-bond donors (Lipinski definition) is 0. The summed E-state index contributed by atoms with van der Waals surface area (Å²) in [6.45, 7) is 7.02. The summed E-state index contributed by atoms with van der Waals surface area (Å²) in [5, 5.41) is 0. The van der Waals surface area contributed by atoms with Crippen LogP contribution in [0.2, 0.25) is 0 Å². The fraction of sp³-hybridized carbons (Fsp3) is 0.920. The van der Waals surface area contributed by atoms with Crippen LogP contribution in [0, 0.1) is 40.4 Å². The van der Waals surface area contributed by atoms with Gasteiger partial charge in [-0.1, -0.05) is 36.7 Å². The Kier molecular flexibility index (Phi) is 5.03. The minimum absolute atomic E-state index is 0.00366. The topological polar surface area (TPSA) is 52.6 Å². The lowest BCUT2D eigenvalue weighted by molar-refractivity contribution is -0.306. The lowest BCUT2D eigenvalue weighted by Gasteiger charge is -2.71. The number of methoxy groups -OCH3 is 1. The molecule has 2 saturated heterocycles. The number of carbonyl (C=O) groups is 2. The third kappa shape index (κ3) is 2.48. The largest absolute Gasteiger partial charge is 0.469 e. The summed E-state index contributed by atoms with van der Waals surface area (Å²) in [4.78, 5) is 25.8. The smallest absolute Gasteiger partial charge is 0.305 e. The van der Waals surface area contributed by atoms with Gasteiger partial charge in [0.25, 0.3) is 0 Å². The van der Waals surface area contributed by atoms with E-state index in [4.69, 9.17) is 9.47 Å². The van der Waals surface area contributed by atoms with Gasteiger partial charge in [0.1, 0.15) is 5.60 Å². The molecule has 0 radical (unpaired) electrons. The second kappa shape index (κ2) is 7.04. The van der Waals surface area contributed by atoms with Crippen LogP contribution in [0.5, 0.6) is 0 Å². The number of ketones is 1. The minimum Gasteiger partial charge on any atom is -0.469 e. The van der Waals surface area contributed by atoms with Crippen molar-refractivity contribution in [1.29, 1.82) is 0 Å². The van der Waals surface area contributed by atoms with Gasteiger partial charge < -0.3 is 9.47 Å². The number of Topliss-reactive ketones (excluding diaryl/α,β-unsaturated/α-hetero) is 1. The molecule has 1 spiro atoms. The molecule has 30 heavy (non-hydrogen) atoms. The Balaban J connectivity index is 1.49. The number of esters is 1. The Hall–Kier alpha value is -0.420. The van der Waals surface area contributed by atoms with Gasteiger partial charge in [-0.2, -0.15) is 0 Å². The number of ether oxygens (including phenoxy) is 2. The van der Waals surface area contributed by atoms with Gasteiger partial charge in [-0.05, 0) is 86.4 Å². The van der Waals surface area contributed by atoms with Crippen molar-refractivity contribution in [3.63, 3.8) is 0 Å². The van der Waals surface area contributed by atoms with Crippen LogP contribution in [-0.2, 0) is 19.1 Å². The van der Waals surface area contributed by atoms with E-state index in [1.54, 1.807) is 0 Å². The Morgan fingerprint density at radius 1 is 1.20 bits per heavy atom. The van der Waals surface area contributed by atoms with Gasteiger partial charge in [0, 0.05) is 11.8 Å². The molecular formula is C25H37BrO4. The molecule has 6 fully saturated rings. The highest BCUT2D eigenvalue weighted by Gasteiger charge is 2.77. The Bertz CT molecular complexity index is 753. The van der Waals surface area contributed by atoms with Crippen LogP contribution in [0.1, 0.15) is 78.6 Å². The molecule has 5 heteroatoms. The van der Waals surface area contributed by atoms with Crippen molar-refractivity contribution in [3.05, 3.63) is 0 Å². The number of alkyl halides is 1. The zero-order valence-corrected chi connectivity index (χ0v) is 20.5. The SMILES string of the molecule is COC(=O)CC[C@H](C)[C@@H]1CC[C@@H]2[C@H]3CC[C@@H]4C[C@H]5CC[C@@]4(C)[C@]3(O5)C(=O)[C@@H](Br)[C@@]21C. The fourth-order valence-electron chi connectivity index (χ4n) is 9.18. The van der Waals surface area contributed by atoms with Gasteiger partial charge in [-0.3, -0.25) is 9.59 Å². The number of rotatable bonds is 4. The molecular weight excluding hydrogens is 444 g/mol. The Morgan fingerprint density at radius 2 is 1.93 bits per heavy atom. The van der Waals surface area contributed by atoms with Gasteiger partial charge in [0.2, 0.25) is 0 Å². The molecule has 168 valence electrons. The monoisotopic (exact) mass is 480 g/mol. The highest BCUT2D eigenvalue weighted by molar-refractivity contribution is 9.10. The number of hydrogen-bond acceptors (Lipinski definition) is 4. The lowest BCUT2D eigenvalue weighted by Crippen LogP contribution is -2.77. The van der Waals surface area contributed by atoms with Crippen LogP contribution in [0.25, 0.3) is 0 Å². The van der Waals surface area contributed by atoms with Crippen molar-refractivity contribution in [2.45, 2.75) is 95.1 Å². The van der Waals surface area contributed by atoms with Crippen molar-refractivity contribution >= 4 is 27.7 Å². The van der Waals surface area contributed by atoms with E-state index >= 15 is 0 Å². The van der Waals surface area contributed by atoms with Crippen molar-refractivity contribution in [1.82, 2.24) is 0 Å². The zero-order valence-electron chi connectivity index (χ0n) is 18.9. The molecule has 2 heterocycles. The van der Waals surface area contributed by atoms with Crippen molar-refractivity contribution in [3.8, 4) is 0 Å². The predicted octanol–water partition coefficient (Wildman–Crippen LogP) is 5.31. The maximum Gasteiger partial charge on any atom is 0.305 e. The third-order valence-electron chi connectivity index (χ3n) is 10.7. The summed E-state index contributed by atoms with van der Waals surface area (Å²) in [5.74, 6) is 2.57. The van der Waals surface area contributed by atoms with Gasteiger partial charge in [-0.25, -0.2) is 0 Å². The summed E-state index contributed by atoms with van der Waals surface area (Å²) >= 11 is 3.98. The lowest BCUT2D eigenvalue weighted by atomic mass is 9.40. The second-order valence-corrected chi connectivity index (χ2v) is 12.4. The molecule has 10 atom stereocenters. The fourth-order valence-corrected chi connectivity index (χ4v) is 10.2. The number of halogens is 1. The number of fused-ring (bicyclic) bond motifs is 3. The summed E-state index contributed by atoms with van der Waals surface area (Å²) in [7, 11) is 1.46. The van der Waals surface area contributed by atoms with Crippen LogP contribution < -0.4 is 0 Å². The highest BCUT2D eigenvalue weighted by atomic mass is 79.9. The van der Waals surface area contributed by atoms with Crippen LogP contribution in [0.15, 0.2) is 0 Å². The maximum atomic E-state index is 14.3. The molecule has 0 N–H and O–H groups in total. The average molecular weight is 481 g/mol. The first-order chi connectivity index (χ1) is 14.2. The molecule has 6 rings (SSSR count). The van der Waals surface area contributed by atoms with E-state index in [2.05, 4.69) is 36.7 Å². The standard InChI is InChI=1S/C25H37BrO4/c1-14(5-10-20(27)29-4)17-8-9-18-19-7-6-15-13-16-11-12-23(15,2)25(19,30-16)22(28)21(26)24(17,18)3/h14-19,21H,5-13H2,1-4H3/t14-,15+,16+,17-,18+,19+,21+,23+,24+,25+/m0/s1. The van der Waals surface area contributed by atoms with Gasteiger partial charge in [-0.15, -0.1) is 0 Å². The molecule has 4 aliphatic carbocycles. The van der Waals surface area contributed by atoms with E-state index in [9.17, 15) is 9.59 Å². The Morgan fingerprint density at radius 3 is 2.67 bits per heavy atom. The van der Waals surface area contributed by atoms with E-state index in [0.717, 1.165) is 38.5 Å². The predicted molar refractivity (Wildman–Crippen MR) is 118 cm³/mol. The van der Waals surface area contributed by atoms with Gasteiger partial charge >= 0.3 is 5.97 Å².